The first-order valence-corrected chi connectivity index (χ1v) is 6.72. The summed E-state index contributed by atoms with van der Waals surface area (Å²) in [6.45, 7) is 3.85. The molecule has 0 spiro atoms. The molecule has 0 radical (unpaired) electrons. The zero-order valence-corrected chi connectivity index (χ0v) is 12.2. The van der Waals surface area contributed by atoms with E-state index in [1.54, 1.807) is 12.1 Å². The summed E-state index contributed by atoms with van der Waals surface area (Å²) in [6.07, 6.45) is 0.447. The average Bonchev–Trinajstić information content (AvgIpc) is 2.36. The monoisotopic (exact) mass is 293 g/mol. The van der Waals surface area contributed by atoms with Gasteiger partial charge in [0.15, 0.2) is 0 Å². The predicted octanol–water partition coefficient (Wildman–Crippen LogP) is 3.24. The number of hydrazine groups is 1. The summed E-state index contributed by atoms with van der Waals surface area (Å²) in [5.74, 6) is 5.29. The number of halogens is 2. The van der Waals surface area contributed by atoms with Crippen LogP contribution in [0.15, 0.2) is 30.3 Å². The topological polar surface area (TPSA) is 50.9 Å². The number of nitrogens with one attached hydrogen (secondary N) is 1. The van der Waals surface area contributed by atoms with E-state index in [4.69, 9.17) is 17.4 Å². The summed E-state index contributed by atoms with van der Waals surface area (Å²) in [4.78, 5) is 4.33. The number of aromatic nitrogens is 1. The van der Waals surface area contributed by atoms with E-state index < -0.39 is 0 Å². The van der Waals surface area contributed by atoms with Crippen LogP contribution in [0, 0.1) is 19.7 Å². The van der Waals surface area contributed by atoms with E-state index in [2.05, 4.69) is 10.4 Å². The fraction of sp³-hybridized carbons (Fsp3) is 0.267. The van der Waals surface area contributed by atoms with Crippen molar-refractivity contribution in [1.29, 1.82) is 0 Å². The molecular formula is C15H17ClFN3. The molecule has 1 heterocycles. The largest absolute Gasteiger partial charge is 0.271 e. The molecule has 0 fully saturated rings. The Morgan fingerprint density at radius 2 is 1.90 bits per heavy atom. The van der Waals surface area contributed by atoms with Crippen molar-refractivity contribution in [3.8, 4) is 0 Å². The van der Waals surface area contributed by atoms with Crippen molar-refractivity contribution >= 4 is 11.6 Å². The van der Waals surface area contributed by atoms with Crippen LogP contribution in [0.5, 0.6) is 0 Å². The highest BCUT2D eigenvalue weighted by Gasteiger charge is 2.14. The number of hydrogen-bond acceptors (Lipinski definition) is 3. The summed E-state index contributed by atoms with van der Waals surface area (Å²) in [7, 11) is 0. The molecule has 106 valence electrons. The van der Waals surface area contributed by atoms with Gasteiger partial charge in [-0.15, -0.1) is 0 Å². The van der Waals surface area contributed by atoms with Gasteiger partial charge in [0.1, 0.15) is 5.82 Å². The number of hydrogen-bond donors (Lipinski definition) is 2. The first kappa shape index (κ1) is 14.9. The Labute approximate surface area is 122 Å². The molecule has 1 unspecified atom stereocenters. The highest BCUT2D eigenvalue weighted by molar-refractivity contribution is 6.30. The molecule has 2 rings (SSSR count). The Morgan fingerprint density at radius 3 is 2.45 bits per heavy atom. The molecular weight excluding hydrogens is 277 g/mol. The van der Waals surface area contributed by atoms with E-state index in [9.17, 15) is 4.39 Å². The van der Waals surface area contributed by atoms with E-state index in [1.165, 1.54) is 6.07 Å². The zero-order valence-electron chi connectivity index (χ0n) is 11.5. The molecule has 0 saturated heterocycles. The average molecular weight is 294 g/mol. The molecule has 1 aromatic heterocycles. The van der Waals surface area contributed by atoms with Crippen LogP contribution in [0.2, 0.25) is 5.02 Å². The minimum absolute atomic E-state index is 0.175. The van der Waals surface area contributed by atoms with E-state index in [-0.39, 0.29) is 11.9 Å². The lowest BCUT2D eigenvalue weighted by Crippen LogP contribution is -2.30. The maximum absolute atomic E-state index is 13.9. The molecule has 20 heavy (non-hydrogen) atoms. The minimum Gasteiger partial charge on any atom is -0.271 e. The molecule has 0 aliphatic heterocycles. The number of nitrogens with two attached hydrogens (primary N) is 1. The van der Waals surface area contributed by atoms with Crippen LogP contribution in [0.3, 0.4) is 0 Å². The summed E-state index contributed by atoms with van der Waals surface area (Å²) >= 11 is 5.76. The summed E-state index contributed by atoms with van der Waals surface area (Å²) in [5.41, 5.74) is 6.13. The Kier molecular flexibility index (Phi) is 4.70. The van der Waals surface area contributed by atoms with Crippen molar-refractivity contribution in [3.05, 3.63) is 63.7 Å². The van der Waals surface area contributed by atoms with Gasteiger partial charge in [0.25, 0.3) is 0 Å². The van der Waals surface area contributed by atoms with Crippen LogP contribution in [-0.4, -0.2) is 4.98 Å². The Morgan fingerprint density at radius 1 is 1.25 bits per heavy atom. The molecule has 3 N–H and O–H groups in total. The van der Waals surface area contributed by atoms with E-state index in [0.717, 1.165) is 17.0 Å². The number of benzene rings is 1. The van der Waals surface area contributed by atoms with E-state index >= 15 is 0 Å². The summed E-state index contributed by atoms with van der Waals surface area (Å²) in [6, 6.07) is 8.40. The molecule has 0 saturated carbocycles. The van der Waals surface area contributed by atoms with Crippen molar-refractivity contribution in [1.82, 2.24) is 10.4 Å². The second-order valence-corrected chi connectivity index (χ2v) is 5.28. The maximum atomic E-state index is 13.9. The van der Waals surface area contributed by atoms with Crippen molar-refractivity contribution in [3.63, 3.8) is 0 Å². The third kappa shape index (κ3) is 3.54. The molecule has 2 aromatic rings. The lowest BCUT2D eigenvalue weighted by atomic mass is 9.98. The molecule has 5 heteroatoms. The molecule has 0 aliphatic carbocycles. The third-order valence-corrected chi connectivity index (χ3v) is 3.38. The van der Waals surface area contributed by atoms with Crippen molar-refractivity contribution in [2.45, 2.75) is 26.3 Å². The SMILES string of the molecule is Cc1cc(C(Cc2ccc(Cl)cc2F)NN)cc(C)n1. The fourth-order valence-electron chi connectivity index (χ4n) is 2.25. The van der Waals surface area contributed by atoms with Gasteiger partial charge in [-0.2, -0.15) is 0 Å². The Hall–Kier alpha value is -1.49. The van der Waals surface area contributed by atoms with Crippen LogP contribution < -0.4 is 11.3 Å². The van der Waals surface area contributed by atoms with Gasteiger partial charge in [0.2, 0.25) is 0 Å². The van der Waals surface area contributed by atoms with Gasteiger partial charge in [0, 0.05) is 16.4 Å². The normalized spacial score (nSPS) is 12.4. The second-order valence-electron chi connectivity index (χ2n) is 4.84. The van der Waals surface area contributed by atoms with E-state index in [1.807, 2.05) is 26.0 Å². The highest BCUT2D eigenvalue weighted by Crippen LogP contribution is 2.22. The standard InChI is InChI=1S/C15H17ClFN3/c1-9-5-12(6-10(2)19-9)15(20-18)7-11-3-4-13(16)8-14(11)17/h3-6,8,15,20H,7,18H2,1-2H3. The quantitative estimate of drug-likeness (QED) is 0.672. The van der Waals surface area contributed by atoms with Crippen LogP contribution in [0.25, 0.3) is 0 Å². The van der Waals surface area contributed by atoms with Crippen molar-refractivity contribution in [2.75, 3.05) is 0 Å². The number of rotatable bonds is 4. The lowest BCUT2D eigenvalue weighted by Gasteiger charge is -2.18. The van der Waals surface area contributed by atoms with Crippen molar-refractivity contribution < 1.29 is 4.39 Å². The molecule has 1 atom stereocenters. The molecule has 0 aliphatic rings. The zero-order chi connectivity index (χ0) is 14.7. The van der Waals surface area contributed by atoms with Gasteiger partial charge in [-0.25, -0.2) is 4.39 Å². The molecule has 0 amide bonds. The lowest BCUT2D eigenvalue weighted by molar-refractivity contribution is 0.528. The Bertz CT molecular complexity index is 596. The first-order valence-electron chi connectivity index (χ1n) is 6.35. The van der Waals surface area contributed by atoms with Crippen LogP contribution >= 0.6 is 11.6 Å². The van der Waals surface area contributed by atoms with Gasteiger partial charge >= 0.3 is 0 Å². The van der Waals surface area contributed by atoms with Crippen LogP contribution in [0.1, 0.15) is 28.6 Å². The van der Waals surface area contributed by atoms with Crippen LogP contribution in [0.4, 0.5) is 4.39 Å². The van der Waals surface area contributed by atoms with E-state index in [0.29, 0.717) is 17.0 Å². The highest BCUT2D eigenvalue weighted by atomic mass is 35.5. The molecule has 3 nitrogen and oxygen atoms in total. The number of aryl methyl sites for hydroxylation is 2. The van der Waals surface area contributed by atoms with Gasteiger partial charge in [-0.3, -0.25) is 16.3 Å². The second kappa shape index (κ2) is 6.31. The fourth-order valence-corrected chi connectivity index (χ4v) is 2.41. The molecule has 0 bridgehead atoms. The van der Waals surface area contributed by atoms with Gasteiger partial charge < -0.3 is 0 Å². The van der Waals surface area contributed by atoms with Gasteiger partial charge in [0.05, 0.1) is 6.04 Å². The number of pyridine rings is 1. The predicted molar refractivity (Wildman–Crippen MR) is 78.9 cm³/mol. The van der Waals surface area contributed by atoms with Gasteiger partial charge in [-0.05, 0) is 55.7 Å². The molecule has 1 aromatic carbocycles. The third-order valence-electron chi connectivity index (χ3n) is 3.15. The minimum atomic E-state index is -0.319. The van der Waals surface area contributed by atoms with Gasteiger partial charge in [-0.1, -0.05) is 17.7 Å². The number of nitrogens with zero attached hydrogens (tertiary/aromatic N) is 1. The first-order chi connectivity index (χ1) is 9.49. The summed E-state index contributed by atoms with van der Waals surface area (Å²) < 4.78 is 13.9. The smallest absolute Gasteiger partial charge is 0.127 e. The summed E-state index contributed by atoms with van der Waals surface area (Å²) in [5, 5.41) is 0.388. The van der Waals surface area contributed by atoms with Crippen LogP contribution in [-0.2, 0) is 6.42 Å². The Balaban J connectivity index is 2.28. The van der Waals surface area contributed by atoms with Crippen molar-refractivity contribution in [2.24, 2.45) is 5.84 Å². The maximum Gasteiger partial charge on any atom is 0.127 e.